The fourth-order valence-corrected chi connectivity index (χ4v) is 0.829. The highest BCUT2D eigenvalue weighted by Gasteiger charge is 2.09. The minimum absolute atomic E-state index is 0.261. The summed E-state index contributed by atoms with van der Waals surface area (Å²) in [5, 5.41) is 11.4. The second-order valence-corrected chi connectivity index (χ2v) is 3.00. The van der Waals surface area contributed by atoms with E-state index in [0.29, 0.717) is 19.7 Å². The molecular weight excluding hydrogens is 186 g/mol. The summed E-state index contributed by atoms with van der Waals surface area (Å²) in [7, 11) is 0. The number of hydrogen-bond donors (Lipinski definition) is 2. The first kappa shape index (κ1) is 12.9. The van der Waals surface area contributed by atoms with Gasteiger partial charge in [-0.25, -0.2) is 0 Å². The van der Waals surface area contributed by atoms with Gasteiger partial charge in [-0.15, -0.1) is 0 Å². The summed E-state index contributed by atoms with van der Waals surface area (Å²) in [6.45, 7) is 4.56. The number of carbonyl (C=O) groups is 2. The normalized spacial score (nSPS) is 12.1. The maximum absolute atomic E-state index is 10.8. The molecule has 0 aromatic rings. The van der Waals surface area contributed by atoms with E-state index in [-0.39, 0.29) is 12.4 Å². The van der Waals surface area contributed by atoms with Crippen molar-refractivity contribution in [3.05, 3.63) is 0 Å². The fraction of sp³-hybridized carbons (Fsp3) is 0.778. The van der Waals surface area contributed by atoms with Crippen LogP contribution in [0.5, 0.6) is 0 Å². The van der Waals surface area contributed by atoms with Crippen LogP contribution in [0.3, 0.4) is 0 Å². The summed E-state index contributed by atoms with van der Waals surface area (Å²) >= 11 is 0. The number of rotatable bonds is 7. The van der Waals surface area contributed by atoms with E-state index in [1.54, 1.807) is 13.8 Å². The second-order valence-electron chi connectivity index (χ2n) is 3.00. The van der Waals surface area contributed by atoms with Gasteiger partial charge in [0, 0.05) is 13.1 Å². The standard InChI is InChI=1S/C9H17NO4/c1-3-14-8(11)4-5-10-6-7(2)9(12)13/h7,10H,3-6H2,1-2H3,(H,12,13). The zero-order valence-corrected chi connectivity index (χ0v) is 8.58. The third-order valence-corrected chi connectivity index (χ3v) is 1.68. The van der Waals surface area contributed by atoms with Crippen LogP contribution in [-0.4, -0.2) is 36.7 Å². The number of carbonyl (C=O) groups excluding carboxylic acids is 1. The van der Waals surface area contributed by atoms with Gasteiger partial charge in [0.05, 0.1) is 18.9 Å². The van der Waals surface area contributed by atoms with Gasteiger partial charge in [0.25, 0.3) is 0 Å². The van der Waals surface area contributed by atoms with Gasteiger partial charge in [-0.05, 0) is 6.92 Å². The second kappa shape index (κ2) is 7.32. The predicted molar refractivity (Wildman–Crippen MR) is 50.9 cm³/mol. The van der Waals surface area contributed by atoms with Crippen LogP contribution in [0, 0.1) is 5.92 Å². The van der Waals surface area contributed by atoms with E-state index in [1.165, 1.54) is 0 Å². The Labute approximate surface area is 83.4 Å². The molecule has 0 radical (unpaired) electrons. The SMILES string of the molecule is CCOC(=O)CCNCC(C)C(=O)O. The van der Waals surface area contributed by atoms with Crippen molar-refractivity contribution in [2.75, 3.05) is 19.7 Å². The summed E-state index contributed by atoms with van der Waals surface area (Å²) in [6.07, 6.45) is 0.278. The quantitative estimate of drug-likeness (QED) is 0.458. The molecule has 2 N–H and O–H groups in total. The van der Waals surface area contributed by atoms with Gasteiger partial charge in [-0.2, -0.15) is 0 Å². The summed E-state index contributed by atoms with van der Waals surface area (Å²) in [6, 6.07) is 0. The predicted octanol–water partition coefficient (Wildman–Crippen LogP) is 0.250. The molecule has 0 aliphatic heterocycles. The molecule has 0 heterocycles. The van der Waals surface area contributed by atoms with Gasteiger partial charge in [-0.3, -0.25) is 9.59 Å². The van der Waals surface area contributed by atoms with Gasteiger partial charge in [0.2, 0.25) is 0 Å². The van der Waals surface area contributed by atoms with Crippen molar-refractivity contribution in [1.29, 1.82) is 0 Å². The first-order valence-corrected chi connectivity index (χ1v) is 4.67. The molecule has 0 fully saturated rings. The van der Waals surface area contributed by atoms with Crippen LogP contribution in [0.15, 0.2) is 0 Å². The highest BCUT2D eigenvalue weighted by Crippen LogP contribution is 1.91. The number of nitrogens with one attached hydrogen (secondary N) is 1. The number of ether oxygens (including phenoxy) is 1. The Kier molecular flexibility index (Phi) is 6.74. The topological polar surface area (TPSA) is 75.6 Å². The zero-order valence-electron chi connectivity index (χ0n) is 8.58. The van der Waals surface area contributed by atoms with Crippen LogP contribution in [-0.2, 0) is 14.3 Å². The largest absolute Gasteiger partial charge is 0.481 e. The molecule has 0 spiro atoms. The summed E-state index contributed by atoms with van der Waals surface area (Å²) in [5.74, 6) is -1.53. The third kappa shape index (κ3) is 6.42. The van der Waals surface area contributed by atoms with Crippen LogP contribution in [0.1, 0.15) is 20.3 Å². The molecule has 0 aromatic heterocycles. The van der Waals surface area contributed by atoms with Crippen molar-refractivity contribution in [3.63, 3.8) is 0 Å². The summed E-state index contributed by atoms with van der Waals surface area (Å²) in [4.78, 5) is 21.2. The van der Waals surface area contributed by atoms with Crippen LogP contribution >= 0.6 is 0 Å². The monoisotopic (exact) mass is 203 g/mol. The lowest BCUT2D eigenvalue weighted by molar-refractivity contribution is -0.143. The fourth-order valence-electron chi connectivity index (χ4n) is 0.829. The number of carboxylic acid groups (broad SMARTS) is 1. The maximum Gasteiger partial charge on any atom is 0.307 e. The lowest BCUT2D eigenvalue weighted by Crippen LogP contribution is -2.28. The average molecular weight is 203 g/mol. The molecule has 0 saturated carbocycles. The van der Waals surface area contributed by atoms with E-state index in [0.717, 1.165) is 0 Å². The van der Waals surface area contributed by atoms with Gasteiger partial charge in [0.1, 0.15) is 0 Å². The molecule has 1 unspecified atom stereocenters. The lowest BCUT2D eigenvalue weighted by atomic mass is 10.2. The van der Waals surface area contributed by atoms with E-state index in [2.05, 4.69) is 5.32 Å². The molecular formula is C9H17NO4. The van der Waals surface area contributed by atoms with Crippen molar-refractivity contribution < 1.29 is 19.4 Å². The van der Waals surface area contributed by atoms with Crippen molar-refractivity contribution >= 4 is 11.9 Å². The Morgan fingerprint density at radius 3 is 2.64 bits per heavy atom. The van der Waals surface area contributed by atoms with Gasteiger partial charge in [0.15, 0.2) is 0 Å². The Balaban J connectivity index is 3.37. The Morgan fingerprint density at radius 2 is 2.14 bits per heavy atom. The Morgan fingerprint density at radius 1 is 1.50 bits per heavy atom. The first-order chi connectivity index (χ1) is 6.57. The minimum Gasteiger partial charge on any atom is -0.481 e. The van der Waals surface area contributed by atoms with Crippen molar-refractivity contribution in [1.82, 2.24) is 5.32 Å². The van der Waals surface area contributed by atoms with E-state index < -0.39 is 11.9 Å². The van der Waals surface area contributed by atoms with Crippen molar-refractivity contribution in [2.24, 2.45) is 5.92 Å². The van der Waals surface area contributed by atoms with Crippen molar-refractivity contribution in [3.8, 4) is 0 Å². The molecule has 0 bridgehead atoms. The van der Waals surface area contributed by atoms with Crippen LogP contribution < -0.4 is 5.32 Å². The number of esters is 1. The molecule has 5 nitrogen and oxygen atoms in total. The van der Waals surface area contributed by atoms with Crippen LogP contribution in [0.25, 0.3) is 0 Å². The molecule has 0 amide bonds. The number of carboxylic acids is 1. The van der Waals surface area contributed by atoms with E-state index in [4.69, 9.17) is 9.84 Å². The summed E-state index contributed by atoms with van der Waals surface area (Å²) < 4.78 is 4.70. The van der Waals surface area contributed by atoms with Crippen LogP contribution in [0.2, 0.25) is 0 Å². The molecule has 82 valence electrons. The highest BCUT2D eigenvalue weighted by molar-refractivity contribution is 5.70. The molecule has 1 atom stereocenters. The van der Waals surface area contributed by atoms with Crippen LogP contribution in [0.4, 0.5) is 0 Å². The molecule has 0 aromatic carbocycles. The zero-order chi connectivity index (χ0) is 11.0. The Hall–Kier alpha value is -1.10. The van der Waals surface area contributed by atoms with Crippen molar-refractivity contribution in [2.45, 2.75) is 20.3 Å². The smallest absolute Gasteiger partial charge is 0.307 e. The van der Waals surface area contributed by atoms with E-state index in [9.17, 15) is 9.59 Å². The molecule has 0 rings (SSSR count). The number of hydrogen-bond acceptors (Lipinski definition) is 4. The average Bonchev–Trinajstić information content (AvgIpc) is 2.12. The molecule has 0 saturated heterocycles. The third-order valence-electron chi connectivity index (χ3n) is 1.68. The van der Waals surface area contributed by atoms with E-state index >= 15 is 0 Å². The molecule has 14 heavy (non-hydrogen) atoms. The molecule has 5 heteroatoms. The molecule has 0 aliphatic carbocycles. The summed E-state index contributed by atoms with van der Waals surface area (Å²) in [5.41, 5.74) is 0. The minimum atomic E-state index is -0.839. The lowest BCUT2D eigenvalue weighted by Gasteiger charge is -2.07. The Bertz CT molecular complexity index is 193. The van der Waals surface area contributed by atoms with E-state index in [1.807, 2.05) is 0 Å². The van der Waals surface area contributed by atoms with Gasteiger partial charge in [-0.1, -0.05) is 6.92 Å². The first-order valence-electron chi connectivity index (χ1n) is 4.67. The highest BCUT2D eigenvalue weighted by atomic mass is 16.5. The van der Waals surface area contributed by atoms with Gasteiger partial charge >= 0.3 is 11.9 Å². The number of aliphatic carboxylic acids is 1. The van der Waals surface area contributed by atoms with Gasteiger partial charge < -0.3 is 15.2 Å². The molecule has 0 aliphatic rings. The maximum atomic E-state index is 10.8.